The fourth-order valence-electron chi connectivity index (χ4n) is 3.41. The molecule has 2 heterocycles. The number of hydrogen-bond acceptors (Lipinski definition) is 3. The topological polar surface area (TPSA) is 41.6 Å². The summed E-state index contributed by atoms with van der Waals surface area (Å²) in [4.78, 5) is 14.5. The summed E-state index contributed by atoms with van der Waals surface area (Å²) in [6.07, 6.45) is 5.21. The first-order chi connectivity index (χ1) is 8.20. The van der Waals surface area contributed by atoms with E-state index in [1.54, 1.807) is 0 Å². The molecule has 1 spiro atoms. The predicted molar refractivity (Wildman–Crippen MR) is 64.7 cm³/mol. The van der Waals surface area contributed by atoms with Crippen LogP contribution < -0.4 is 5.32 Å². The number of amides is 1. The summed E-state index contributed by atoms with van der Waals surface area (Å²) in [5, 5.41) is 3.29. The van der Waals surface area contributed by atoms with Crippen LogP contribution in [0.15, 0.2) is 0 Å². The molecule has 4 heteroatoms. The zero-order valence-corrected chi connectivity index (χ0v) is 10.6. The molecule has 1 N–H and O–H groups in total. The number of carbonyl (C=O) groups excluding carboxylic acids is 1. The number of likely N-dealkylation sites (tertiary alicyclic amines) is 1. The molecule has 0 aromatic rings. The van der Waals surface area contributed by atoms with E-state index in [1.807, 2.05) is 6.92 Å². The highest BCUT2D eigenvalue weighted by Crippen LogP contribution is 2.48. The normalized spacial score (nSPS) is 35.9. The molecule has 4 nitrogen and oxygen atoms in total. The molecule has 0 aromatic carbocycles. The van der Waals surface area contributed by atoms with Crippen molar-refractivity contribution >= 4 is 5.91 Å². The lowest BCUT2D eigenvalue weighted by Crippen LogP contribution is -2.56. The summed E-state index contributed by atoms with van der Waals surface area (Å²) in [5.74, 6) is 0.251. The molecule has 2 aliphatic heterocycles. The van der Waals surface area contributed by atoms with E-state index in [9.17, 15) is 4.79 Å². The maximum Gasteiger partial charge on any atom is 0.242 e. The molecule has 0 unspecified atom stereocenters. The summed E-state index contributed by atoms with van der Waals surface area (Å²) in [5.41, 5.74) is 0.494. The minimum atomic E-state index is -0.126. The van der Waals surface area contributed by atoms with E-state index in [4.69, 9.17) is 4.74 Å². The molecular weight excluding hydrogens is 216 g/mol. The van der Waals surface area contributed by atoms with Crippen molar-refractivity contribution in [3.8, 4) is 0 Å². The van der Waals surface area contributed by atoms with Gasteiger partial charge in [-0.2, -0.15) is 0 Å². The van der Waals surface area contributed by atoms with Gasteiger partial charge in [-0.3, -0.25) is 4.79 Å². The Hall–Kier alpha value is -0.610. The van der Waals surface area contributed by atoms with E-state index in [2.05, 4.69) is 10.2 Å². The van der Waals surface area contributed by atoms with Gasteiger partial charge >= 0.3 is 0 Å². The van der Waals surface area contributed by atoms with Gasteiger partial charge in [0.05, 0.1) is 12.7 Å². The van der Waals surface area contributed by atoms with Gasteiger partial charge in [0.25, 0.3) is 0 Å². The molecule has 17 heavy (non-hydrogen) atoms. The maximum absolute atomic E-state index is 12.4. The van der Waals surface area contributed by atoms with Crippen LogP contribution in [0.5, 0.6) is 0 Å². The van der Waals surface area contributed by atoms with E-state index in [1.165, 1.54) is 25.7 Å². The molecule has 3 fully saturated rings. The second-order valence-corrected chi connectivity index (χ2v) is 5.87. The largest absolute Gasteiger partial charge is 0.375 e. The standard InChI is InChI=1S/C13H22N2O2/c1-10-11(14-6-8-17-10)12(16)15-7-5-13(9-15)3-2-4-13/h10-11,14H,2-9H2,1H3/t10-,11+/m1/s1. The zero-order chi connectivity index (χ0) is 11.9. The van der Waals surface area contributed by atoms with Gasteiger partial charge in [0.1, 0.15) is 6.04 Å². The molecule has 1 saturated carbocycles. The Morgan fingerprint density at radius 2 is 2.24 bits per heavy atom. The molecule has 2 atom stereocenters. The van der Waals surface area contributed by atoms with Crippen molar-refractivity contribution in [2.75, 3.05) is 26.2 Å². The molecule has 0 aromatic heterocycles. The van der Waals surface area contributed by atoms with Gasteiger partial charge in [-0.05, 0) is 31.6 Å². The van der Waals surface area contributed by atoms with Gasteiger partial charge < -0.3 is 15.0 Å². The SMILES string of the molecule is C[C@H]1OCCN[C@@H]1C(=O)N1CCC2(CCC2)C1. The highest BCUT2D eigenvalue weighted by molar-refractivity contribution is 5.83. The number of hydrogen-bond donors (Lipinski definition) is 1. The van der Waals surface area contributed by atoms with Crippen molar-refractivity contribution in [3.05, 3.63) is 0 Å². The first-order valence-corrected chi connectivity index (χ1v) is 6.84. The second-order valence-electron chi connectivity index (χ2n) is 5.87. The van der Waals surface area contributed by atoms with Crippen LogP contribution in [0.1, 0.15) is 32.6 Å². The molecule has 2 saturated heterocycles. The van der Waals surface area contributed by atoms with Gasteiger partial charge in [0.2, 0.25) is 5.91 Å². The van der Waals surface area contributed by atoms with E-state index >= 15 is 0 Å². The smallest absolute Gasteiger partial charge is 0.242 e. The molecule has 0 radical (unpaired) electrons. The fourth-order valence-corrected chi connectivity index (χ4v) is 3.41. The Balaban J connectivity index is 1.62. The quantitative estimate of drug-likeness (QED) is 0.733. The summed E-state index contributed by atoms with van der Waals surface area (Å²) < 4.78 is 5.55. The monoisotopic (exact) mass is 238 g/mol. The van der Waals surface area contributed by atoms with Crippen LogP contribution in [-0.2, 0) is 9.53 Å². The molecule has 96 valence electrons. The van der Waals surface area contributed by atoms with E-state index in [0.29, 0.717) is 5.41 Å². The third-order valence-electron chi connectivity index (χ3n) is 4.75. The van der Waals surface area contributed by atoms with Gasteiger partial charge in [-0.1, -0.05) is 6.42 Å². The molecule has 1 amide bonds. The van der Waals surface area contributed by atoms with Crippen LogP contribution in [0.25, 0.3) is 0 Å². The number of nitrogens with zero attached hydrogens (tertiary/aromatic N) is 1. The van der Waals surface area contributed by atoms with Gasteiger partial charge in [-0.15, -0.1) is 0 Å². The molecule has 3 aliphatic rings. The third-order valence-corrected chi connectivity index (χ3v) is 4.75. The minimum Gasteiger partial charge on any atom is -0.375 e. The number of morpholine rings is 1. The summed E-state index contributed by atoms with van der Waals surface area (Å²) in [6.45, 7) is 5.43. The summed E-state index contributed by atoms with van der Waals surface area (Å²) in [6, 6.07) is -0.126. The Morgan fingerprint density at radius 3 is 2.82 bits per heavy atom. The van der Waals surface area contributed by atoms with Gasteiger partial charge in [0.15, 0.2) is 0 Å². The number of ether oxygens (including phenoxy) is 1. The average Bonchev–Trinajstić information content (AvgIpc) is 2.73. The van der Waals surface area contributed by atoms with Crippen LogP contribution in [0.2, 0.25) is 0 Å². The Bertz CT molecular complexity index is 315. The molecular formula is C13H22N2O2. The highest BCUT2D eigenvalue weighted by atomic mass is 16.5. The Labute approximate surface area is 103 Å². The first-order valence-electron chi connectivity index (χ1n) is 6.84. The van der Waals surface area contributed by atoms with Crippen LogP contribution in [-0.4, -0.2) is 49.2 Å². The fraction of sp³-hybridized carbons (Fsp3) is 0.923. The summed E-state index contributed by atoms with van der Waals surface area (Å²) in [7, 11) is 0. The summed E-state index contributed by atoms with van der Waals surface area (Å²) >= 11 is 0. The molecule has 0 bridgehead atoms. The zero-order valence-electron chi connectivity index (χ0n) is 10.6. The lowest BCUT2D eigenvalue weighted by atomic mass is 9.68. The number of rotatable bonds is 1. The second kappa shape index (κ2) is 4.25. The lowest BCUT2D eigenvalue weighted by molar-refractivity contribution is -0.139. The van der Waals surface area contributed by atoms with Crippen molar-refractivity contribution in [3.63, 3.8) is 0 Å². The average molecular weight is 238 g/mol. The van der Waals surface area contributed by atoms with Crippen molar-refractivity contribution in [2.24, 2.45) is 5.41 Å². The predicted octanol–water partition coefficient (Wildman–Crippen LogP) is 0.766. The van der Waals surface area contributed by atoms with Crippen LogP contribution in [0, 0.1) is 5.41 Å². The van der Waals surface area contributed by atoms with Crippen molar-refractivity contribution < 1.29 is 9.53 Å². The van der Waals surface area contributed by atoms with Gasteiger partial charge in [0, 0.05) is 19.6 Å². The van der Waals surface area contributed by atoms with Crippen LogP contribution in [0.3, 0.4) is 0 Å². The van der Waals surface area contributed by atoms with Gasteiger partial charge in [-0.25, -0.2) is 0 Å². The molecule has 1 aliphatic carbocycles. The van der Waals surface area contributed by atoms with Crippen molar-refractivity contribution in [2.45, 2.75) is 44.8 Å². The third kappa shape index (κ3) is 1.97. The molecule has 3 rings (SSSR count). The first kappa shape index (κ1) is 11.5. The van der Waals surface area contributed by atoms with E-state index < -0.39 is 0 Å². The lowest BCUT2D eigenvalue weighted by Gasteiger charge is -2.39. The van der Waals surface area contributed by atoms with Crippen LogP contribution in [0.4, 0.5) is 0 Å². The number of nitrogens with one attached hydrogen (secondary N) is 1. The maximum atomic E-state index is 12.4. The Morgan fingerprint density at radius 1 is 1.41 bits per heavy atom. The Kier molecular flexibility index (Phi) is 2.87. The van der Waals surface area contributed by atoms with Crippen molar-refractivity contribution in [1.82, 2.24) is 10.2 Å². The van der Waals surface area contributed by atoms with E-state index in [0.717, 1.165) is 26.2 Å². The highest BCUT2D eigenvalue weighted by Gasteiger charge is 2.45. The van der Waals surface area contributed by atoms with E-state index in [-0.39, 0.29) is 18.1 Å². The van der Waals surface area contributed by atoms with Crippen LogP contribution >= 0.6 is 0 Å². The van der Waals surface area contributed by atoms with Crippen molar-refractivity contribution in [1.29, 1.82) is 0 Å². The number of carbonyl (C=O) groups is 1. The minimum absolute atomic E-state index is 0.00851.